The van der Waals surface area contributed by atoms with Crippen molar-refractivity contribution >= 4 is 0 Å². The Bertz CT molecular complexity index is 474. The Morgan fingerprint density at radius 3 is 2.41 bits per heavy atom. The van der Waals surface area contributed by atoms with Crippen LogP contribution in [-0.2, 0) is 13.0 Å². The molecule has 2 aromatic rings. The van der Waals surface area contributed by atoms with Crippen molar-refractivity contribution in [1.82, 2.24) is 0 Å². The molecule has 0 unspecified atom stereocenters. The predicted octanol–water partition coefficient (Wildman–Crippen LogP) is 4.14. The van der Waals surface area contributed by atoms with Gasteiger partial charge in [0.15, 0.2) is 0 Å². The number of hydrogen-bond acceptors (Lipinski definition) is 1. The highest BCUT2D eigenvalue weighted by atomic mass is 16.5. The van der Waals surface area contributed by atoms with Gasteiger partial charge in [0.2, 0.25) is 0 Å². The Morgan fingerprint density at radius 1 is 1.00 bits per heavy atom. The second kappa shape index (κ2) is 5.53. The lowest BCUT2D eigenvalue weighted by Gasteiger charge is -2.09. The lowest BCUT2D eigenvalue weighted by Crippen LogP contribution is -1.96. The Kier molecular flexibility index (Phi) is 3.81. The molecule has 1 nitrogen and oxygen atoms in total. The summed E-state index contributed by atoms with van der Waals surface area (Å²) >= 11 is 0. The molecule has 0 spiro atoms. The molecule has 17 heavy (non-hydrogen) atoms. The fourth-order valence-electron chi connectivity index (χ4n) is 1.90. The predicted molar refractivity (Wildman–Crippen MR) is 71.3 cm³/mol. The van der Waals surface area contributed by atoms with Gasteiger partial charge in [-0.05, 0) is 42.2 Å². The smallest absolute Gasteiger partial charge is 0.120 e. The molecule has 88 valence electrons. The molecule has 0 bridgehead atoms. The third-order valence-corrected chi connectivity index (χ3v) is 2.94. The number of rotatable bonds is 4. The van der Waals surface area contributed by atoms with Gasteiger partial charge in [0.1, 0.15) is 12.4 Å². The Morgan fingerprint density at radius 2 is 1.76 bits per heavy atom. The van der Waals surface area contributed by atoms with E-state index in [1.54, 1.807) is 0 Å². The van der Waals surface area contributed by atoms with E-state index in [1.807, 2.05) is 18.2 Å². The first-order valence-electron chi connectivity index (χ1n) is 6.06. The number of aryl methyl sites for hydroxylation is 2. The summed E-state index contributed by atoms with van der Waals surface area (Å²) in [7, 11) is 0. The van der Waals surface area contributed by atoms with Gasteiger partial charge in [0, 0.05) is 0 Å². The van der Waals surface area contributed by atoms with Crippen LogP contribution in [0.1, 0.15) is 23.6 Å². The van der Waals surface area contributed by atoms with Crippen molar-refractivity contribution in [3.63, 3.8) is 0 Å². The maximum Gasteiger partial charge on any atom is 0.120 e. The van der Waals surface area contributed by atoms with Gasteiger partial charge in [-0.3, -0.25) is 0 Å². The van der Waals surface area contributed by atoms with E-state index in [0.717, 1.165) is 12.2 Å². The third kappa shape index (κ3) is 3.10. The Labute approximate surface area is 103 Å². The molecular formula is C16H18O. The van der Waals surface area contributed by atoms with Crippen molar-refractivity contribution in [2.45, 2.75) is 26.9 Å². The summed E-state index contributed by atoms with van der Waals surface area (Å²) in [6.07, 6.45) is 1.07. The maximum absolute atomic E-state index is 5.77. The van der Waals surface area contributed by atoms with E-state index in [4.69, 9.17) is 4.74 Å². The fourth-order valence-corrected chi connectivity index (χ4v) is 1.90. The molecule has 0 saturated carbocycles. The lowest BCUT2D eigenvalue weighted by molar-refractivity contribution is 0.306. The molecule has 0 N–H and O–H groups in total. The Hall–Kier alpha value is -1.76. The summed E-state index contributed by atoms with van der Waals surface area (Å²) in [6, 6.07) is 16.5. The Balaban J connectivity index is 2.02. The molecule has 0 aliphatic rings. The molecule has 0 aromatic heterocycles. The van der Waals surface area contributed by atoms with Crippen LogP contribution < -0.4 is 4.74 Å². The quantitative estimate of drug-likeness (QED) is 0.761. The lowest BCUT2D eigenvalue weighted by atomic mass is 10.1. The first-order chi connectivity index (χ1) is 8.29. The van der Waals surface area contributed by atoms with Crippen LogP contribution >= 0.6 is 0 Å². The molecule has 0 atom stereocenters. The van der Waals surface area contributed by atoms with Crippen molar-refractivity contribution < 1.29 is 4.74 Å². The molecule has 0 heterocycles. The van der Waals surface area contributed by atoms with Gasteiger partial charge < -0.3 is 4.74 Å². The number of hydrogen-bond donors (Lipinski definition) is 0. The molecule has 0 fully saturated rings. The van der Waals surface area contributed by atoms with E-state index < -0.39 is 0 Å². The second-order valence-electron chi connectivity index (χ2n) is 4.22. The standard InChI is InChI=1S/C16H18O/c1-3-15-9-10-16(11-13(15)2)17-12-14-7-5-4-6-8-14/h4-11H,3,12H2,1-2H3. The first-order valence-corrected chi connectivity index (χ1v) is 6.06. The van der Waals surface area contributed by atoms with Gasteiger partial charge in [0.25, 0.3) is 0 Å². The summed E-state index contributed by atoms with van der Waals surface area (Å²) in [5.41, 5.74) is 3.89. The highest BCUT2D eigenvalue weighted by Crippen LogP contribution is 2.18. The third-order valence-electron chi connectivity index (χ3n) is 2.94. The zero-order chi connectivity index (χ0) is 12.1. The van der Waals surface area contributed by atoms with Gasteiger partial charge in [0.05, 0.1) is 0 Å². The summed E-state index contributed by atoms with van der Waals surface area (Å²) in [5.74, 6) is 0.948. The van der Waals surface area contributed by atoms with Crippen LogP contribution in [0.5, 0.6) is 5.75 Å². The van der Waals surface area contributed by atoms with Gasteiger partial charge in [-0.1, -0.05) is 43.3 Å². The zero-order valence-electron chi connectivity index (χ0n) is 10.4. The van der Waals surface area contributed by atoms with Crippen LogP contribution in [0.15, 0.2) is 48.5 Å². The van der Waals surface area contributed by atoms with E-state index in [2.05, 4.69) is 44.2 Å². The molecule has 0 saturated heterocycles. The van der Waals surface area contributed by atoms with Crippen molar-refractivity contribution in [3.05, 3.63) is 65.2 Å². The van der Waals surface area contributed by atoms with Crippen molar-refractivity contribution in [2.75, 3.05) is 0 Å². The molecule has 2 aromatic carbocycles. The minimum Gasteiger partial charge on any atom is -0.489 e. The molecule has 0 aliphatic carbocycles. The van der Waals surface area contributed by atoms with Gasteiger partial charge in [-0.2, -0.15) is 0 Å². The average molecular weight is 226 g/mol. The van der Waals surface area contributed by atoms with Crippen molar-refractivity contribution in [3.8, 4) is 5.75 Å². The molecular weight excluding hydrogens is 208 g/mol. The van der Waals surface area contributed by atoms with E-state index in [0.29, 0.717) is 6.61 Å². The molecule has 0 amide bonds. The normalized spacial score (nSPS) is 10.2. The van der Waals surface area contributed by atoms with Crippen LogP contribution in [0.25, 0.3) is 0 Å². The minimum absolute atomic E-state index is 0.631. The highest BCUT2D eigenvalue weighted by Gasteiger charge is 1.99. The monoisotopic (exact) mass is 226 g/mol. The van der Waals surface area contributed by atoms with E-state index >= 15 is 0 Å². The van der Waals surface area contributed by atoms with Crippen molar-refractivity contribution in [1.29, 1.82) is 0 Å². The van der Waals surface area contributed by atoms with Crippen LogP contribution in [0.4, 0.5) is 0 Å². The van der Waals surface area contributed by atoms with E-state index in [-0.39, 0.29) is 0 Å². The number of ether oxygens (including phenoxy) is 1. The molecule has 1 heteroatoms. The minimum atomic E-state index is 0.631. The van der Waals surface area contributed by atoms with Gasteiger partial charge in [-0.25, -0.2) is 0 Å². The van der Waals surface area contributed by atoms with Crippen LogP contribution in [0, 0.1) is 6.92 Å². The largest absolute Gasteiger partial charge is 0.489 e. The summed E-state index contributed by atoms with van der Waals surface area (Å²) in [5, 5.41) is 0. The second-order valence-corrected chi connectivity index (χ2v) is 4.22. The summed E-state index contributed by atoms with van der Waals surface area (Å²) in [6.45, 7) is 4.94. The van der Waals surface area contributed by atoms with Crippen LogP contribution in [0.2, 0.25) is 0 Å². The van der Waals surface area contributed by atoms with Crippen LogP contribution in [0.3, 0.4) is 0 Å². The highest BCUT2D eigenvalue weighted by molar-refractivity contribution is 5.34. The van der Waals surface area contributed by atoms with E-state index in [1.165, 1.54) is 16.7 Å². The SMILES string of the molecule is CCc1ccc(OCc2ccccc2)cc1C. The molecule has 0 aliphatic heterocycles. The number of benzene rings is 2. The van der Waals surface area contributed by atoms with Gasteiger partial charge >= 0.3 is 0 Å². The fraction of sp³-hybridized carbons (Fsp3) is 0.250. The van der Waals surface area contributed by atoms with Gasteiger partial charge in [-0.15, -0.1) is 0 Å². The average Bonchev–Trinajstić information content (AvgIpc) is 2.38. The topological polar surface area (TPSA) is 9.23 Å². The van der Waals surface area contributed by atoms with Crippen LogP contribution in [-0.4, -0.2) is 0 Å². The summed E-state index contributed by atoms with van der Waals surface area (Å²) in [4.78, 5) is 0. The maximum atomic E-state index is 5.77. The molecule has 0 radical (unpaired) electrons. The first kappa shape index (κ1) is 11.7. The van der Waals surface area contributed by atoms with E-state index in [9.17, 15) is 0 Å². The molecule has 2 rings (SSSR count). The zero-order valence-corrected chi connectivity index (χ0v) is 10.4. The van der Waals surface area contributed by atoms with Crippen molar-refractivity contribution in [2.24, 2.45) is 0 Å². The summed E-state index contributed by atoms with van der Waals surface area (Å²) < 4.78 is 5.77.